The molecular weight excluding hydrogens is 442 g/mol. The summed E-state index contributed by atoms with van der Waals surface area (Å²) in [7, 11) is 0. The first-order valence-electron chi connectivity index (χ1n) is 11.1. The molecule has 1 aliphatic rings. The van der Waals surface area contributed by atoms with Crippen LogP contribution in [0.5, 0.6) is 0 Å². The summed E-state index contributed by atoms with van der Waals surface area (Å²) in [6, 6.07) is 6.08. The van der Waals surface area contributed by atoms with Crippen molar-refractivity contribution < 1.29 is 24.3 Å². The molecule has 1 fully saturated rings. The van der Waals surface area contributed by atoms with E-state index < -0.39 is 35.9 Å². The monoisotopic (exact) mass is 475 g/mol. The van der Waals surface area contributed by atoms with Crippen molar-refractivity contribution in [2.45, 2.75) is 50.2 Å². The van der Waals surface area contributed by atoms with Crippen LogP contribution in [-0.2, 0) is 25.6 Å². The Balaban J connectivity index is 2.12. The van der Waals surface area contributed by atoms with Crippen LogP contribution < -0.4 is 27.8 Å². The molecular formula is C22H33N7O5. The molecule has 3 atom stereocenters. The molecule has 1 saturated heterocycles. The summed E-state index contributed by atoms with van der Waals surface area (Å²) < 4.78 is 0. The second-order valence-corrected chi connectivity index (χ2v) is 8.05. The number of hydrogen-bond acceptors (Lipinski definition) is 6. The molecule has 9 N–H and O–H groups in total. The number of carbonyl (C=O) groups is 4. The van der Waals surface area contributed by atoms with Gasteiger partial charge in [-0.05, 0) is 31.2 Å². The van der Waals surface area contributed by atoms with Crippen LogP contribution in [0, 0.1) is 0 Å². The molecule has 0 spiro atoms. The zero-order valence-corrected chi connectivity index (χ0v) is 19.0. The third-order valence-corrected chi connectivity index (χ3v) is 5.53. The third kappa shape index (κ3) is 8.03. The van der Waals surface area contributed by atoms with Gasteiger partial charge in [0.2, 0.25) is 17.7 Å². The van der Waals surface area contributed by atoms with Gasteiger partial charge in [0.25, 0.3) is 0 Å². The van der Waals surface area contributed by atoms with Crippen molar-refractivity contribution in [1.29, 1.82) is 0 Å². The van der Waals surface area contributed by atoms with Crippen LogP contribution in [0.3, 0.4) is 0 Å². The SMILES string of the molecule is NCC(=O)N1CCC[C@H]1C(=O)N[C@@H](Cc1ccccc1)C(=O)N[C@@H](CCCN=C(N)N)C(=O)O. The molecule has 0 radical (unpaired) electrons. The molecule has 34 heavy (non-hydrogen) atoms. The zero-order valence-electron chi connectivity index (χ0n) is 19.0. The lowest BCUT2D eigenvalue weighted by atomic mass is 10.0. The number of amides is 3. The molecule has 0 unspecified atom stereocenters. The van der Waals surface area contributed by atoms with E-state index in [0.717, 1.165) is 5.56 Å². The fourth-order valence-corrected chi connectivity index (χ4v) is 3.82. The number of benzene rings is 1. The molecule has 12 heteroatoms. The second-order valence-electron chi connectivity index (χ2n) is 8.05. The Morgan fingerprint density at radius 2 is 1.82 bits per heavy atom. The largest absolute Gasteiger partial charge is 0.480 e. The maximum Gasteiger partial charge on any atom is 0.326 e. The Bertz CT molecular complexity index is 889. The fourth-order valence-electron chi connectivity index (χ4n) is 3.82. The minimum Gasteiger partial charge on any atom is -0.480 e. The molecule has 0 aromatic heterocycles. The van der Waals surface area contributed by atoms with E-state index in [1.54, 1.807) is 24.3 Å². The fraction of sp³-hybridized carbons (Fsp3) is 0.500. The average molecular weight is 476 g/mol. The molecule has 3 amide bonds. The lowest BCUT2D eigenvalue weighted by molar-refractivity contribution is -0.143. The van der Waals surface area contributed by atoms with Crippen LogP contribution in [0.1, 0.15) is 31.2 Å². The van der Waals surface area contributed by atoms with Gasteiger partial charge in [-0.15, -0.1) is 0 Å². The van der Waals surface area contributed by atoms with Gasteiger partial charge in [-0.25, -0.2) is 4.79 Å². The third-order valence-electron chi connectivity index (χ3n) is 5.53. The summed E-state index contributed by atoms with van der Waals surface area (Å²) >= 11 is 0. The van der Waals surface area contributed by atoms with E-state index in [2.05, 4.69) is 15.6 Å². The molecule has 0 bridgehead atoms. The Labute approximate surface area is 197 Å². The lowest BCUT2D eigenvalue weighted by Gasteiger charge is -2.27. The Morgan fingerprint density at radius 3 is 2.44 bits per heavy atom. The highest BCUT2D eigenvalue weighted by Gasteiger charge is 2.36. The number of nitrogens with zero attached hydrogens (tertiary/aromatic N) is 2. The smallest absolute Gasteiger partial charge is 0.326 e. The molecule has 12 nitrogen and oxygen atoms in total. The van der Waals surface area contributed by atoms with Crippen LogP contribution in [0.25, 0.3) is 0 Å². The van der Waals surface area contributed by atoms with Gasteiger partial charge in [0.05, 0.1) is 6.54 Å². The average Bonchev–Trinajstić information content (AvgIpc) is 3.30. The van der Waals surface area contributed by atoms with E-state index in [-0.39, 0.29) is 37.8 Å². The molecule has 186 valence electrons. The number of hydrogen-bond donors (Lipinski definition) is 6. The first-order chi connectivity index (χ1) is 16.2. The number of guanidine groups is 1. The number of nitrogens with one attached hydrogen (secondary N) is 2. The van der Waals surface area contributed by atoms with Crippen molar-refractivity contribution in [3.8, 4) is 0 Å². The number of aliphatic carboxylic acids is 1. The van der Waals surface area contributed by atoms with Crippen molar-refractivity contribution in [3.05, 3.63) is 35.9 Å². The standard InChI is InChI=1S/C22H33N7O5/c23-13-18(30)29-11-5-9-17(29)20(32)28-16(12-14-6-2-1-3-7-14)19(31)27-15(21(33)34)8-4-10-26-22(24)25/h1-3,6-7,15-17H,4-5,8-13,23H2,(H,27,31)(H,28,32)(H,33,34)(H4,24,25,26)/t15-,16-,17-/m0/s1. The van der Waals surface area contributed by atoms with Gasteiger partial charge in [0.1, 0.15) is 18.1 Å². The summed E-state index contributed by atoms with van der Waals surface area (Å²) in [5.74, 6) is -2.77. The van der Waals surface area contributed by atoms with Crippen LogP contribution in [0.15, 0.2) is 35.3 Å². The van der Waals surface area contributed by atoms with E-state index in [0.29, 0.717) is 25.8 Å². The number of aliphatic imine (C=N–C) groups is 1. The number of rotatable bonds is 12. The number of carboxylic acid groups (broad SMARTS) is 1. The van der Waals surface area contributed by atoms with Crippen molar-refractivity contribution in [2.24, 2.45) is 22.2 Å². The summed E-state index contributed by atoms with van der Waals surface area (Å²) in [5, 5.41) is 14.7. The van der Waals surface area contributed by atoms with Gasteiger partial charge in [-0.1, -0.05) is 30.3 Å². The summed E-state index contributed by atoms with van der Waals surface area (Å²) in [6.07, 6.45) is 1.70. The summed E-state index contributed by atoms with van der Waals surface area (Å²) in [5.41, 5.74) is 16.8. The number of carbonyl (C=O) groups excluding carboxylic acids is 3. The van der Waals surface area contributed by atoms with E-state index in [1.165, 1.54) is 4.90 Å². The molecule has 1 aliphatic heterocycles. The molecule has 1 aromatic rings. The van der Waals surface area contributed by atoms with E-state index in [1.807, 2.05) is 6.07 Å². The first-order valence-corrected chi connectivity index (χ1v) is 11.1. The van der Waals surface area contributed by atoms with Gasteiger partial charge in [-0.3, -0.25) is 19.4 Å². The van der Waals surface area contributed by atoms with Crippen molar-refractivity contribution in [1.82, 2.24) is 15.5 Å². The van der Waals surface area contributed by atoms with Crippen LogP contribution >= 0.6 is 0 Å². The van der Waals surface area contributed by atoms with Crippen LogP contribution in [0.2, 0.25) is 0 Å². The quantitative estimate of drug-likeness (QED) is 0.116. The predicted molar refractivity (Wildman–Crippen MR) is 125 cm³/mol. The minimum absolute atomic E-state index is 0.101. The molecule has 0 aliphatic carbocycles. The second kappa shape index (κ2) is 13.1. The molecule has 2 rings (SSSR count). The van der Waals surface area contributed by atoms with Gasteiger partial charge < -0.3 is 37.8 Å². The Hall–Kier alpha value is -3.67. The summed E-state index contributed by atoms with van der Waals surface area (Å²) in [4.78, 5) is 55.0. The van der Waals surface area contributed by atoms with Crippen molar-refractivity contribution in [3.63, 3.8) is 0 Å². The van der Waals surface area contributed by atoms with Crippen molar-refractivity contribution in [2.75, 3.05) is 19.6 Å². The highest BCUT2D eigenvalue weighted by atomic mass is 16.4. The first kappa shape index (κ1) is 26.6. The predicted octanol–water partition coefficient (Wildman–Crippen LogP) is -1.71. The lowest BCUT2D eigenvalue weighted by Crippen LogP contribution is -2.56. The van der Waals surface area contributed by atoms with E-state index in [9.17, 15) is 24.3 Å². The van der Waals surface area contributed by atoms with E-state index >= 15 is 0 Å². The van der Waals surface area contributed by atoms with E-state index in [4.69, 9.17) is 17.2 Å². The number of nitrogens with two attached hydrogens (primary N) is 3. The number of likely N-dealkylation sites (tertiary alicyclic amines) is 1. The van der Waals surface area contributed by atoms with Gasteiger partial charge in [-0.2, -0.15) is 0 Å². The van der Waals surface area contributed by atoms with Gasteiger partial charge in [0.15, 0.2) is 5.96 Å². The Morgan fingerprint density at radius 1 is 1.12 bits per heavy atom. The highest BCUT2D eigenvalue weighted by molar-refractivity contribution is 5.94. The minimum atomic E-state index is -1.21. The number of carboxylic acids is 1. The molecule has 1 aromatic carbocycles. The summed E-state index contributed by atoms with van der Waals surface area (Å²) in [6.45, 7) is 0.428. The van der Waals surface area contributed by atoms with Crippen LogP contribution in [-0.4, -0.2) is 77.4 Å². The maximum atomic E-state index is 13.1. The molecule has 0 saturated carbocycles. The maximum absolute atomic E-state index is 13.1. The zero-order chi connectivity index (χ0) is 25.1. The normalized spacial score (nSPS) is 16.9. The van der Waals surface area contributed by atoms with Crippen LogP contribution in [0.4, 0.5) is 0 Å². The molecule has 1 heterocycles. The van der Waals surface area contributed by atoms with Gasteiger partial charge >= 0.3 is 5.97 Å². The topological polar surface area (TPSA) is 206 Å². The Kier molecular flexibility index (Phi) is 10.3. The van der Waals surface area contributed by atoms with Crippen molar-refractivity contribution >= 4 is 29.7 Å². The van der Waals surface area contributed by atoms with Gasteiger partial charge in [0, 0.05) is 19.5 Å². The highest BCUT2D eigenvalue weighted by Crippen LogP contribution is 2.18.